The SMILES string of the molecule is O=C(O)CCn1nnnc1CCCc1ccccc1. The van der Waals surface area contributed by atoms with Gasteiger partial charge >= 0.3 is 5.97 Å². The molecule has 0 fully saturated rings. The summed E-state index contributed by atoms with van der Waals surface area (Å²) in [6.45, 7) is 0.322. The van der Waals surface area contributed by atoms with Crippen LogP contribution in [0.2, 0.25) is 0 Å². The third-order valence-corrected chi connectivity index (χ3v) is 2.85. The van der Waals surface area contributed by atoms with Crippen LogP contribution in [0.5, 0.6) is 0 Å². The molecule has 0 aliphatic rings. The van der Waals surface area contributed by atoms with Crippen molar-refractivity contribution in [1.29, 1.82) is 0 Å². The van der Waals surface area contributed by atoms with Crippen molar-refractivity contribution in [2.75, 3.05) is 0 Å². The number of benzene rings is 1. The summed E-state index contributed by atoms with van der Waals surface area (Å²) in [5, 5.41) is 20.0. The number of aliphatic carboxylic acids is 1. The number of rotatable bonds is 7. The Balaban J connectivity index is 1.83. The summed E-state index contributed by atoms with van der Waals surface area (Å²) in [7, 11) is 0. The van der Waals surface area contributed by atoms with Crippen LogP contribution in [0.15, 0.2) is 30.3 Å². The molecular weight excluding hydrogens is 244 g/mol. The molecule has 6 nitrogen and oxygen atoms in total. The van der Waals surface area contributed by atoms with E-state index in [4.69, 9.17) is 5.11 Å². The molecule has 1 N–H and O–H groups in total. The minimum absolute atomic E-state index is 0.0384. The number of nitrogens with zero attached hydrogens (tertiary/aromatic N) is 4. The second kappa shape index (κ2) is 6.63. The predicted octanol–water partition coefficient (Wildman–Crippen LogP) is 1.32. The fourth-order valence-electron chi connectivity index (χ4n) is 1.87. The smallest absolute Gasteiger partial charge is 0.305 e. The Hall–Kier alpha value is -2.24. The monoisotopic (exact) mass is 260 g/mol. The minimum atomic E-state index is -0.842. The van der Waals surface area contributed by atoms with E-state index in [2.05, 4.69) is 27.7 Å². The Bertz CT molecular complexity index is 524. The molecule has 1 heterocycles. The third-order valence-electron chi connectivity index (χ3n) is 2.85. The molecule has 0 aliphatic heterocycles. The van der Waals surface area contributed by atoms with Crippen LogP contribution in [-0.2, 0) is 24.2 Å². The van der Waals surface area contributed by atoms with Crippen molar-refractivity contribution in [3.8, 4) is 0 Å². The lowest BCUT2D eigenvalue weighted by Gasteiger charge is -2.03. The van der Waals surface area contributed by atoms with E-state index in [1.165, 1.54) is 5.56 Å². The summed E-state index contributed by atoms with van der Waals surface area (Å²) in [5.41, 5.74) is 1.28. The molecule has 0 saturated heterocycles. The summed E-state index contributed by atoms with van der Waals surface area (Å²) >= 11 is 0. The molecule has 0 amide bonds. The van der Waals surface area contributed by atoms with Crippen LogP contribution in [0.1, 0.15) is 24.2 Å². The highest BCUT2D eigenvalue weighted by Gasteiger charge is 2.07. The highest BCUT2D eigenvalue weighted by molar-refractivity contribution is 5.66. The molecule has 2 rings (SSSR count). The molecule has 0 spiro atoms. The van der Waals surface area contributed by atoms with Gasteiger partial charge in [0.2, 0.25) is 0 Å². The Morgan fingerprint density at radius 2 is 2.00 bits per heavy atom. The van der Waals surface area contributed by atoms with Crippen molar-refractivity contribution in [1.82, 2.24) is 20.2 Å². The minimum Gasteiger partial charge on any atom is -0.481 e. The van der Waals surface area contributed by atoms with E-state index in [0.717, 1.165) is 25.1 Å². The highest BCUT2D eigenvalue weighted by Crippen LogP contribution is 2.06. The van der Waals surface area contributed by atoms with E-state index in [9.17, 15) is 4.79 Å². The topological polar surface area (TPSA) is 80.9 Å². The van der Waals surface area contributed by atoms with Gasteiger partial charge in [0.25, 0.3) is 0 Å². The Morgan fingerprint density at radius 3 is 2.74 bits per heavy atom. The molecule has 1 aromatic carbocycles. The Morgan fingerprint density at radius 1 is 1.21 bits per heavy atom. The third kappa shape index (κ3) is 4.17. The number of carboxylic acids is 1. The van der Waals surface area contributed by atoms with Crippen molar-refractivity contribution in [2.24, 2.45) is 0 Å². The van der Waals surface area contributed by atoms with Gasteiger partial charge in [0.05, 0.1) is 13.0 Å². The van der Waals surface area contributed by atoms with Gasteiger partial charge in [0.15, 0.2) is 5.82 Å². The van der Waals surface area contributed by atoms with Gasteiger partial charge in [0.1, 0.15) is 0 Å². The van der Waals surface area contributed by atoms with Gasteiger partial charge in [-0.05, 0) is 28.8 Å². The summed E-state index contributed by atoms with van der Waals surface area (Å²) in [6, 6.07) is 10.2. The standard InChI is InChI=1S/C13H16N4O2/c18-13(19)9-10-17-12(14-15-16-17)8-4-7-11-5-2-1-3-6-11/h1-3,5-6H,4,7-10H2,(H,18,19). The summed E-state index contributed by atoms with van der Waals surface area (Å²) in [4.78, 5) is 10.5. The van der Waals surface area contributed by atoms with E-state index < -0.39 is 5.97 Å². The molecule has 0 unspecified atom stereocenters. The molecule has 19 heavy (non-hydrogen) atoms. The predicted molar refractivity (Wildman–Crippen MR) is 68.5 cm³/mol. The van der Waals surface area contributed by atoms with Crippen molar-refractivity contribution in [3.63, 3.8) is 0 Å². The summed E-state index contributed by atoms with van der Waals surface area (Å²) in [5.74, 6) is -0.0945. The van der Waals surface area contributed by atoms with Crippen molar-refractivity contribution < 1.29 is 9.90 Å². The van der Waals surface area contributed by atoms with Crippen LogP contribution in [-0.4, -0.2) is 31.3 Å². The molecule has 2 aromatic rings. The molecule has 0 atom stereocenters. The summed E-state index contributed by atoms with van der Waals surface area (Å²) in [6.07, 6.45) is 2.70. The van der Waals surface area contributed by atoms with Gasteiger partial charge < -0.3 is 5.11 Å². The van der Waals surface area contributed by atoms with Crippen LogP contribution >= 0.6 is 0 Å². The average molecular weight is 260 g/mol. The van der Waals surface area contributed by atoms with Crippen LogP contribution < -0.4 is 0 Å². The summed E-state index contributed by atoms with van der Waals surface area (Å²) < 4.78 is 1.57. The fourth-order valence-corrected chi connectivity index (χ4v) is 1.87. The second-order valence-electron chi connectivity index (χ2n) is 4.30. The number of hydrogen-bond donors (Lipinski definition) is 1. The van der Waals surface area contributed by atoms with Crippen LogP contribution in [0, 0.1) is 0 Å². The highest BCUT2D eigenvalue weighted by atomic mass is 16.4. The van der Waals surface area contributed by atoms with Gasteiger partial charge in [-0.25, -0.2) is 4.68 Å². The maximum absolute atomic E-state index is 10.5. The first-order valence-corrected chi connectivity index (χ1v) is 6.26. The van der Waals surface area contributed by atoms with E-state index in [-0.39, 0.29) is 6.42 Å². The molecule has 6 heteroatoms. The van der Waals surface area contributed by atoms with E-state index in [1.54, 1.807) is 4.68 Å². The van der Waals surface area contributed by atoms with Crippen LogP contribution in [0.4, 0.5) is 0 Å². The van der Waals surface area contributed by atoms with Crippen molar-refractivity contribution in [3.05, 3.63) is 41.7 Å². The van der Waals surface area contributed by atoms with Gasteiger partial charge in [-0.3, -0.25) is 4.79 Å². The first kappa shape index (κ1) is 13.2. The lowest BCUT2D eigenvalue weighted by molar-refractivity contribution is -0.137. The van der Waals surface area contributed by atoms with E-state index in [0.29, 0.717) is 6.54 Å². The Kier molecular flexibility index (Phi) is 4.60. The van der Waals surface area contributed by atoms with Gasteiger partial charge in [-0.1, -0.05) is 30.3 Å². The average Bonchev–Trinajstić information content (AvgIpc) is 2.85. The van der Waals surface area contributed by atoms with E-state index in [1.807, 2.05) is 18.2 Å². The Labute approximate surface area is 111 Å². The molecule has 0 bridgehead atoms. The fraction of sp³-hybridized carbons (Fsp3) is 0.385. The number of tetrazole rings is 1. The number of carbonyl (C=O) groups is 1. The molecule has 0 aliphatic carbocycles. The second-order valence-corrected chi connectivity index (χ2v) is 4.30. The zero-order valence-corrected chi connectivity index (χ0v) is 10.6. The maximum Gasteiger partial charge on any atom is 0.305 e. The van der Waals surface area contributed by atoms with Crippen LogP contribution in [0.3, 0.4) is 0 Å². The van der Waals surface area contributed by atoms with Gasteiger partial charge in [-0.15, -0.1) is 5.10 Å². The normalized spacial score (nSPS) is 10.5. The van der Waals surface area contributed by atoms with Gasteiger partial charge in [-0.2, -0.15) is 0 Å². The largest absolute Gasteiger partial charge is 0.481 e. The quantitative estimate of drug-likeness (QED) is 0.812. The number of hydrogen-bond acceptors (Lipinski definition) is 4. The molecule has 100 valence electrons. The number of aromatic nitrogens is 4. The molecule has 0 radical (unpaired) electrons. The van der Waals surface area contributed by atoms with E-state index >= 15 is 0 Å². The lowest BCUT2D eigenvalue weighted by Crippen LogP contribution is -2.10. The van der Waals surface area contributed by atoms with Crippen LogP contribution in [0.25, 0.3) is 0 Å². The first-order valence-electron chi connectivity index (χ1n) is 6.26. The van der Waals surface area contributed by atoms with Gasteiger partial charge in [0, 0.05) is 6.42 Å². The van der Waals surface area contributed by atoms with Crippen molar-refractivity contribution >= 4 is 5.97 Å². The zero-order chi connectivity index (χ0) is 13.5. The molecule has 1 aromatic heterocycles. The lowest BCUT2D eigenvalue weighted by atomic mass is 10.1. The van der Waals surface area contributed by atoms with Crippen molar-refractivity contribution in [2.45, 2.75) is 32.2 Å². The zero-order valence-electron chi connectivity index (χ0n) is 10.6. The molecular formula is C13H16N4O2. The maximum atomic E-state index is 10.5. The first-order chi connectivity index (χ1) is 9.25. The number of aryl methyl sites for hydroxylation is 3. The number of carboxylic acid groups (broad SMARTS) is 1. The molecule has 0 saturated carbocycles.